The molecule has 1 heterocycles. The number of hydrogen-bond acceptors (Lipinski definition) is 6. The number of carbonyl (C=O) groups is 1. The van der Waals surface area contributed by atoms with E-state index in [1.807, 2.05) is 6.92 Å². The van der Waals surface area contributed by atoms with Crippen LogP contribution in [0.2, 0.25) is 5.02 Å². The molecule has 0 aliphatic carbocycles. The number of nitro benzene ring substituents is 1. The van der Waals surface area contributed by atoms with E-state index in [0.29, 0.717) is 18.0 Å². The Kier molecular flexibility index (Phi) is 5.90. The number of carbonyl (C=O) groups excluding carboxylic acids is 1. The Hall–Kier alpha value is -2.91. The van der Waals surface area contributed by atoms with Crippen molar-refractivity contribution in [3.05, 3.63) is 74.6 Å². The van der Waals surface area contributed by atoms with Gasteiger partial charge < -0.3 is 9.64 Å². The van der Waals surface area contributed by atoms with Gasteiger partial charge in [0, 0.05) is 22.7 Å². The fourth-order valence-electron chi connectivity index (χ4n) is 2.97. The van der Waals surface area contributed by atoms with E-state index in [4.69, 9.17) is 16.3 Å². The third-order valence-corrected chi connectivity index (χ3v) is 5.97. The number of sulfone groups is 1. The van der Waals surface area contributed by atoms with Gasteiger partial charge in [0.1, 0.15) is 10.8 Å². The molecule has 1 atom stereocenters. The Balaban J connectivity index is 2.03. The van der Waals surface area contributed by atoms with E-state index in [1.165, 1.54) is 23.1 Å². The molecule has 0 saturated carbocycles. The lowest BCUT2D eigenvalue weighted by Gasteiger charge is -2.28. The smallest absolute Gasteiger partial charge is 0.288 e. The summed E-state index contributed by atoms with van der Waals surface area (Å²) in [6, 6.07) is 9.56. The zero-order chi connectivity index (χ0) is 21.2. The minimum Gasteiger partial charge on any atom is -0.494 e. The summed E-state index contributed by atoms with van der Waals surface area (Å²) < 4.78 is 29.2. The van der Waals surface area contributed by atoms with Crippen LogP contribution in [0.5, 0.6) is 5.75 Å². The lowest BCUT2D eigenvalue weighted by atomic mass is 10.1. The van der Waals surface area contributed by atoms with E-state index in [9.17, 15) is 23.3 Å². The number of halogens is 1. The fraction of sp³-hybridized carbons (Fsp3) is 0.211. The van der Waals surface area contributed by atoms with Crippen LogP contribution in [-0.2, 0) is 9.84 Å². The van der Waals surface area contributed by atoms with Crippen LogP contribution in [0.15, 0.2) is 53.9 Å². The van der Waals surface area contributed by atoms with Crippen LogP contribution < -0.4 is 9.64 Å². The Morgan fingerprint density at radius 3 is 2.52 bits per heavy atom. The Bertz CT molecular complexity index is 1080. The summed E-state index contributed by atoms with van der Waals surface area (Å²) in [6.07, 6.45) is 1.42. The number of anilines is 1. The molecule has 0 radical (unpaired) electrons. The monoisotopic (exact) mass is 436 g/mol. The van der Waals surface area contributed by atoms with Crippen LogP contribution in [0.1, 0.15) is 17.3 Å². The molecule has 1 amide bonds. The van der Waals surface area contributed by atoms with Crippen molar-refractivity contribution in [3.63, 3.8) is 0 Å². The normalized spacial score (nSPS) is 17.1. The van der Waals surface area contributed by atoms with E-state index >= 15 is 0 Å². The van der Waals surface area contributed by atoms with Crippen LogP contribution in [0.4, 0.5) is 11.4 Å². The molecule has 0 fully saturated rings. The summed E-state index contributed by atoms with van der Waals surface area (Å²) in [5.41, 5.74) is 0.0502. The molecule has 0 aromatic heterocycles. The highest BCUT2D eigenvalue weighted by Gasteiger charge is 2.32. The molecule has 152 valence electrons. The second kappa shape index (κ2) is 8.22. The molecule has 0 N–H and O–H groups in total. The summed E-state index contributed by atoms with van der Waals surface area (Å²) in [7, 11) is -3.44. The lowest BCUT2D eigenvalue weighted by molar-refractivity contribution is -0.384. The van der Waals surface area contributed by atoms with Crippen molar-refractivity contribution >= 4 is 38.7 Å². The third-order valence-electron chi connectivity index (χ3n) is 4.28. The van der Waals surface area contributed by atoms with Gasteiger partial charge in [-0.05, 0) is 49.4 Å². The van der Waals surface area contributed by atoms with Crippen molar-refractivity contribution < 1.29 is 22.9 Å². The topological polar surface area (TPSA) is 107 Å². The van der Waals surface area contributed by atoms with Gasteiger partial charge in [-0.15, -0.1) is 0 Å². The lowest BCUT2D eigenvalue weighted by Crippen LogP contribution is -2.41. The second-order valence-corrected chi connectivity index (χ2v) is 8.59. The third kappa shape index (κ3) is 4.57. The molecular formula is C19H17ClN2O6S. The summed E-state index contributed by atoms with van der Waals surface area (Å²) in [5.74, 6) is -0.261. The Labute approximate surface area is 172 Å². The second-order valence-electron chi connectivity index (χ2n) is 6.25. The number of nitrogens with zero attached hydrogens (tertiary/aromatic N) is 2. The fourth-order valence-corrected chi connectivity index (χ4v) is 4.43. The van der Waals surface area contributed by atoms with Gasteiger partial charge in [-0.1, -0.05) is 11.6 Å². The molecule has 10 heteroatoms. The maximum absolute atomic E-state index is 13.2. The summed E-state index contributed by atoms with van der Waals surface area (Å²) >= 11 is 5.83. The number of rotatable bonds is 6. The molecule has 2 aromatic carbocycles. The standard InChI is InChI=1S/C19H17ClN2O6S/c1-2-28-16-6-4-14(5-7-16)21(15-9-10-29(26,27)12-15)19(23)13-3-8-17(20)18(11-13)22(24)25/h3-11,15H,2,12H2,1H3. The van der Waals surface area contributed by atoms with Crippen LogP contribution in [0.25, 0.3) is 0 Å². The molecule has 8 nitrogen and oxygen atoms in total. The van der Waals surface area contributed by atoms with Gasteiger partial charge in [0.25, 0.3) is 11.6 Å². The van der Waals surface area contributed by atoms with Gasteiger partial charge in [0.05, 0.1) is 23.3 Å². The van der Waals surface area contributed by atoms with E-state index in [-0.39, 0.29) is 16.3 Å². The maximum atomic E-state index is 13.2. The number of hydrogen-bond donors (Lipinski definition) is 0. The van der Waals surface area contributed by atoms with E-state index in [1.54, 1.807) is 24.3 Å². The van der Waals surface area contributed by atoms with E-state index < -0.39 is 32.4 Å². The SMILES string of the molecule is CCOc1ccc(N(C(=O)c2ccc(Cl)c([N+](=O)[O-])c2)C2C=CS(=O)(=O)C2)cc1. The Morgan fingerprint density at radius 2 is 1.97 bits per heavy atom. The highest BCUT2D eigenvalue weighted by atomic mass is 35.5. The molecule has 1 aliphatic heterocycles. The van der Waals surface area contributed by atoms with Crippen LogP contribution in [0.3, 0.4) is 0 Å². The quantitative estimate of drug-likeness (QED) is 0.505. The highest BCUT2D eigenvalue weighted by Crippen LogP contribution is 2.30. The van der Waals surface area contributed by atoms with Crippen molar-refractivity contribution in [1.29, 1.82) is 0 Å². The Morgan fingerprint density at radius 1 is 1.28 bits per heavy atom. The number of nitro groups is 1. The number of amides is 1. The van der Waals surface area contributed by atoms with Crippen molar-refractivity contribution in [2.75, 3.05) is 17.3 Å². The zero-order valence-corrected chi connectivity index (χ0v) is 16.9. The van der Waals surface area contributed by atoms with Gasteiger partial charge in [0.2, 0.25) is 0 Å². The summed E-state index contributed by atoms with van der Waals surface area (Å²) in [5, 5.41) is 12.1. The summed E-state index contributed by atoms with van der Waals surface area (Å²) in [6.45, 7) is 2.31. The van der Waals surface area contributed by atoms with Crippen molar-refractivity contribution in [2.45, 2.75) is 13.0 Å². The number of benzene rings is 2. The zero-order valence-electron chi connectivity index (χ0n) is 15.3. The average Bonchev–Trinajstić information content (AvgIpc) is 3.03. The molecule has 3 rings (SSSR count). The summed E-state index contributed by atoms with van der Waals surface area (Å²) in [4.78, 5) is 25.0. The van der Waals surface area contributed by atoms with E-state index in [2.05, 4.69) is 0 Å². The molecule has 0 spiro atoms. The van der Waals surface area contributed by atoms with Crippen molar-refractivity contribution in [3.8, 4) is 5.75 Å². The minimum absolute atomic E-state index is 0.0210. The molecule has 2 aromatic rings. The first-order valence-electron chi connectivity index (χ1n) is 8.63. The first-order chi connectivity index (χ1) is 13.7. The van der Waals surface area contributed by atoms with Gasteiger partial charge >= 0.3 is 0 Å². The van der Waals surface area contributed by atoms with Crippen molar-refractivity contribution in [1.82, 2.24) is 0 Å². The van der Waals surface area contributed by atoms with Gasteiger partial charge in [-0.3, -0.25) is 14.9 Å². The molecule has 29 heavy (non-hydrogen) atoms. The average molecular weight is 437 g/mol. The van der Waals surface area contributed by atoms with Gasteiger partial charge in [-0.2, -0.15) is 0 Å². The van der Waals surface area contributed by atoms with Gasteiger partial charge in [-0.25, -0.2) is 8.42 Å². The molecule has 1 aliphatic rings. The van der Waals surface area contributed by atoms with Crippen LogP contribution in [-0.4, -0.2) is 37.6 Å². The van der Waals surface area contributed by atoms with E-state index in [0.717, 1.165) is 11.5 Å². The predicted octanol–water partition coefficient (Wildman–Crippen LogP) is 3.60. The number of ether oxygens (including phenoxy) is 1. The van der Waals surface area contributed by atoms with Crippen LogP contribution >= 0.6 is 11.6 Å². The molecular weight excluding hydrogens is 420 g/mol. The van der Waals surface area contributed by atoms with Crippen molar-refractivity contribution in [2.24, 2.45) is 0 Å². The molecule has 0 bridgehead atoms. The predicted molar refractivity (Wildman–Crippen MR) is 109 cm³/mol. The minimum atomic E-state index is -3.44. The first-order valence-corrected chi connectivity index (χ1v) is 10.7. The molecule has 1 unspecified atom stereocenters. The maximum Gasteiger partial charge on any atom is 0.288 e. The van der Waals surface area contributed by atoms with Gasteiger partial charge in [0.15, 0.2) is 9.84 Å². The highest BCUT2D eigenvalue weighted by molar-refractivity contribution is 7.94. The first kappa shape index (κ1) is 20.8. The largest absolute Gasteiger partial charge is 0.494 e. The van der Waals surface area contributed by atoms with Crippen LogP contribution in [0, 0.1) is 10.1 Å². The molecule has 0 saturated heterocycles.